The molecule has 0 unspecified atom stereocenters. The molecule has 1 aromatic heterocycles. The van der Waals surface area contributed by atoms with Gasteiger partial charge in [-0.2, -0.15) is 0 Å². The number of ether oxygens (including phenoxy) is 1. The number of pyridine rings is 1. The molecule has 2 N–H and O–H groups in total. The van der Waals surface area contributed by atoms with Gasteiger partial charge in [-0.15, -0.1) is 0 Å². The number of rotatable bonds is 5. The number of fused-ring (bicyclic) bond motifs is 1. The van der Waals surface area contributed by atoms with Gasteiger partial charge in [-0.05, 0) is 32.8 Å². The molecule has 0 aliphatic carbocycles. The highest BCUT2D eigenvalue weighted by Gasteiger charge is 2.35. The van der Waals surface area contributed by atoms with Crippen molar-refractivity contribution in [3.8, 4) is 0 Å². The Morgan fingerprint density at radius 3 is 2.58 bits per heavy atom. The SMILES string of the molecule is C[C@@H]1CN(c2c(F)cc3c(=O)c(C(=O)O)cn(CCF)c3c2Cl)C[C@@H]1NC(=O)OC(C)(C)C. The van der Waals surface area contributed by atoms with Crippen LogP contribution in [0.4, 0.5) is 19.3 Å². The number of aromatic nitrogens is 1. The molecule has 33 heavy (non-hydrogen) atoms. The number of nitrogens with one attached hydrogen (secondary N) is 1. The summed E-state index contributed by atoms with van der Waals surface area (Å²) >= 11 is 6.54. The molecule has 1 saturated heterocycles. The number of halogens is 3. The molecular weight excluding hydrogens is 460 g/mol. The molecule has 1 aliphatic rings. The van der Waals surface area contributed by atoms with Gasteiger partial charge in [0.05, 0.1) is 34.2 Å². The minimum absolute atomic E-state index is 0.000381. The van der Waals surface area contributed by atoms with Crippen LogP contribution in [0.2, 0.25) is 5.02 Å². The molecule has 1 fully saturated rings. The molecule has 0 saturated carbocycles. The zero-order valence-electron chi connectivity index (χ0n) is 18.7. The van der Waals surface area contributed by atoms with Crippen molar-refractivity contribution in [2.24, 2.45) is 5.92 Å². The number of hydrogen-bond acceptors (Lipinski definition) is 5. The van der Waals surface area contributed by atoms with Crippen molar-refractivity contribution in [2.75, 3.05) is 24.7 Å². The second-order valence-corrected chi connectivity index (χ2v) is 9.49. The van der Waals surface area contributed by atoms with Crippen molar-refractivity contribution in [3.63, 3.8) is 0 Å². The molecular formula is C22H26ClF2N3O5. The van der Waals surface area contributed by atoms with E-state index in [2.05, 4.69) is 5.32 Å². The third kappa shape index (κ3) is 5.05. The van der Waals surface area contributed by atoms with Crippen LogP contribution >= 0.6 is 11.6 Å². The fourth-order valence-corrected chi connectivity index (χ4v) is 4.40. The average molecular weight is 486 g/mol. The van der Waals surface area contributed by atoms with E-state index in [-0.39, 0.29) is 46.7 Å². The summed E-state index contributed by atoms with van der Waals surface area (Å²) in [6.07, 6.45) is 0.420. The van der Waals surface area contributed by atoms with E-state index >= 15 is 4.39 Å². The molecule has 11 heteroatoms. The Kier molecular flexibility index (Phi) is 6.88. The first-order valence-electron chi connectivity index (χ1n) is 10.4. The summed E-state index contributed by atoms with van der Waals surface area (Å²) in [7, 11) is 0. The molecule has 0 radical (unpaired) electrons. The highest BCUT2D eigenvalue weighted by molar-refractivity contribution is 6.38. The van der Waals surface area contributed by atoms with Crippen molar-refractivity contribution in [2.45, 2.75) is 45.9 Å². The minimum atomic E-state index is -1.50. The molecule has 0 spiro atoms. The van der Waals surface area contributed by atoms with Gasteiger partial charge in [0.25, 0.3) is 0 Å². The Balaban J connectivity index is 2.03. The lowest BCUT2D eigenvalue weighted by molar-refractivity contribution is 0.0499. The monoisotopic (exact) mass is 485 g/mol. The number of benzene rings is 1. The molecule has 2 aromatic rings. The van der Waals surface area contributed by atoms with Crippen molar-refractivity contribution < 1.29 is 28.2 Å². The van der Waals surface area contributed by atoms with Crippen LogP contribution in [-0.4, -0.2) is 53.1 Å². The van der Waals surface area contributed by atoms with E-state index in [9.17, 15) is 23.9 Å². The number of carboxylic acid groups (broad SMARTS) is 1. The first-order chi connectivity index (χ1) is 15.3. The quantitative estimate of drug-likeness (QED) is 0.668. The van der Waals surface area contributed by atoms with Crippen molar-refractivity contribution in [1.82, 2.24) is 9.88 Å². The smallest absolute Gasteiger partial charge is 0.407 e. The summed E-state index contributed by atoms with van der Waals surface area (Å²) < 4.78 is 34.9. The number of hydrogen-bond donors (Lipinski definition) is 2. The number of aromatic carboxylic acids is 1. The number of aryl methyl sites for hydroxylation is 1. The van der Waals surface area contributed by atoms with Crippen molar-refractivity contribution in [1.29, 1.82) is 0 Å². The third-order valence-corrected chi connectivity index (χ3v) is 5.77. The van der Waals surface area contributed by atoms with Crippen molar-refractivity contribution in [3.05, 3.63) is 38.9 Å². The first kappa shape index (κ1) is 24.8. The maximum absolute atomic E-state index is 15.2. The molecule has 1 aliphatic heterocycles. The Bertz CT molecular complexity index is 1160. The van der Waals surface area contributed by atoms with Gasteiger partial charge >= 0.3 is 12.1 Å². The van der Waals surface area contributed by atoms with Gasteiger partial charge in [0.15, 0.2) is 0 Å². The second kappa shape index (κ2) is 9.17. The fourth-order valence-electron chi connectivity index (χ4n) is 3.98. The number of anilines is 1. The summed E-state index contributed by atoms with van der Waals surface area (Å²) in [5.41, 5.74) is -2.12. The number of alkyl carbamates (subject to hydrolysis) is 1. The molecule has 2 atom stereocenters. The van der Waals surface area contributed by atoms with Gasteiger partial charge in [-0.25, -0.2) is 18.4 Å². The lowest BCUT2D eigenvalue weighted by Crippen LogP contribution is -2.42. The first-order valence-corrected chi connectivity index (χ1v) is 10.8. The third-order valence-electron chi connectivity index (χ3n) is 5.42. The summed E-state index contributed by atoms with van der Waals surface area (Å²) in [6, 6.07) is 0.577. The molecule has 8 nitrogen and oxygen atoms in total. The van der Waals surface area contributed by atoms with E-state index in [4.69, 9.17) is 16.3 Å². The van der Waals surface area contributed by atoms with Gasteiger partial charge in [0.2, 0.25) is 5.43 Å². The minimum Gasteiger partial charge on any atom is -0.477 e. The lowest BCUT2D eigenvalue weighted by Gasteiger charge is -2.24. The van der Waals surface area contributed by atoms with Crippen LogP contribution in [0.5, 0.6) is 0 Å². The Labute approximate surface area is 194 Å². The number of carboxylic acids is 1. The van der Waals surface area contributed by atoms with Gasteiger partial charge in [0, 0.05) is 19.3 Å². The van der Waals surface area contributed by atoms with E-state index in [0.29, 0.717) is 6.54 Å². The van der Waals surface area contributed by atoms with E-state index in [1.54, 1.807) is 25.7 Å². The molecule has 1 amide bonds. The summed E-state index contributed by atoms with van der Waals surface area (Å²) in [5, 5.41) is 11.7. The molecule has 180 valence electrons. The normalized spacial score (nSPS) is 18.6. The second-order valence-electron chi connectivity index (χ2n) is 9.11. The van der Waals surface area contributed by atoms with Gasteiger partial charge < -0.3 is 24.6 Å². The predicted octanol–water partition coefficient (Wildman–Crippen LogP) is 3.81. The standard InChI is InChI=1S/C22H26ClF2N3O5/c1-11-8-28(10-15(11)26-21(32)33-22(2,3)4)18-14(25)7-12-17(16(18)23)27(6-5-24)9-13(19(12)29)20(30)31/h7,9,11,15H,5-6,8,10H2,1-4H3,(H,26,32)(H,30,31)/t11-,15+/m1/s1. The van der Waals surface area contributed by atoms with Gasteiger partial charge in [-0.1, -0.05) is 18.5 Å². The summed E-state index contributed by atoms with van der Waals surface area (Å²) in [6.45, 7) is 6.58. The van der Waals surface area contributed by atoms with E-state index in [1.807, 2.05) is 6.92 Å². The van der Waals surface area contributed by atoms with E-state index in [1.165, 1.54) is 4.57 Å². The van der Waals surface area contributed by atoms with Gasteiger partial charge in [0.1, 0.15) is 23.7 Å². The molecule has 1 aromatic carbocycles. The zero-order valence-corrected chi connectivity index (χ0v) is 19.5. The molecule has 0 bridgehead atoms. The summed E-state index contributed by atoms with van der Waals surface area (Å²) in [4.78, 5) is 37.9. The number of carbonyl (C=O) groups is 2. The highest BCUT2D eigenvalue weighted by atomic mass is 35.5. The topological polar surface area (TPSA) is 101 Å². The number of amides is 1. The zero-order chi connectivity index (χ0) is 24.7. The van der Waals surface area contributed by atoms with Crippen LogP contribution in [0.25, 0.3) is 10.9 Å². The number of carbonyl (C=O) groups excluding carboxylic acids is 1. The Hall–Kier alpha value is -2.88. The summed E-state index contributed by atoms with van der Waals surface area (Å²) in [5.74, 6) is -2.39. The van der Waals surface area contributed by atoms with Crippen LogP contribution in [0.15, 0.2) is 17.1 Å². The maximum atomic E-state index is 15.2. The van der Waals surface area contributed by atoms with Crippen LogP contribution in [0.1, 0.15) is 38.1 Å². The van der Waals surface area contributed by atoms with Crippen molar-refractivity contribution >= 4 is 40.3 Å². The van der Waals surface area contributed by atoms with E-state index < -0.39 is 41.1 Å². The number of nitrogens with zero attached hydrogens (tertiary/aromatic N) is 2. The Morgan fingerprint density at radius 1 is 1.33 bits per heavy atom. The molecule has 2 heterocycles. The highest BCUT2D eigenvalue weighted by Crippen LogP contribution is 2.38. The largest absolute Gasteiger partial charge is 0.477 e. The van der Waals surface area contributed by atoms with E-state index in [0.717, 1.165) is 12.3 Å². The van der Waals surface area contributed by atoms with Crippen LogP contribution in [-0.2, 0) is 11.3 Å². The number of alkyl halides is 1. The maximum Gasteiger partial charge on any atom is 0.407 e. The lowest BCUT2D eigenvalue weighted by atomic mass is 10.1. The Morgan fingerprint density at radius 2 is 2.00 bits per heavy atom. The molecule has 3 rings (SSSR count). The van der Waals surface area contributed by atoms with Crippen LogP contribution < -0.4 is 15.6 Å². The predicted molar refractivity (Wildman–Crippen MR) is 121 cm³/mol. The van der Waals surface area contributed by atoms with Gasteiger partial charge in [-0.3, -0.25) is 4.79 Å². The average Bonchev–Trinajstić information content (AvgIpc) is 3.01. The van der Waals surface area contributed by atoms with Crippen LogP contribution in [0.3, 0.4) is 0 Å². The fraction of sp³-hybridized carbons (Fsp3) is 0.500. The van der Waals surface area contributed by atoms with Crippen LogP contribution in [0, 0.1) is 11.7 Å².